The first-order valence-corrected chi connectivity index (χ1v) is 18.2. The van der Waals surface area contributed by atoms with Gasteiger partial charge in [0.1, 0.15) is 0 Å². The molecule has 0 aliphatic heterocycles. The van der Waals surface area contributed by atoms with Gasteiger partial charge in [-0.2, -0.15) is 0 Å². The highest BCUT2D eigenvalue weighted by Crippen LogP contribution is 2.47. The Kier molecular flexibility index (Phi) is 10.00. The Morgan fingerprint density at radius 1 is 0.615 bits per heavy atom. The summed E-state index contributed by atoms with van der Waals surface area (Å²) in [6.07, 6.45) is 28.4. The van der Waals surface area contributed by atoms with Crippen LogP contribution in [-0.4, -0.2) is 50.2 Å². The molecule has 39 heavy (non-hydrogen) atoms. The van der Waals surface area contributed by atoms with Crippen LogP contribution in [0.4, 0.5) is 0 Å². The Hall–Kier alpha value is -0.120. The van der Waals surface area contributed by atoms with Crippen molar-refractivity contribution in [3.63, 3.8) is 0 Å². The van der Waals surface area contributed by atoms with Gasteiger partial charge in [-0.1, -0.05) is 32.6 Å². The second-order valence-electron chi connectivity index (χ2n) is 16.2. The second kappa shape index (κ2) is 13.5. The molecule has 0 aromatic heterocycles. The molecular formula is C36H65N3. The summed E-state index contributed by atoms with van der Waals surface area (Å²) in [5.41, 5.74) is 0. The van der Waals surface area contributed by atoms with Crippen molar-refractivity contribution in [3.05, 3.63) is 0 Å². The van der Waals surface area contributed by atoms with E-state index in [1.807, 2.05) is 0 Å². The Labute approximate surface area is 242 Å². The molecule has 0 aromatic carbocycles. The van der Waals surface area contributed by atoms with Gasteiger partial charge in [-0.25, -0.2) is 0 Å². The number of hydrogen-bond acceptors (Lipinski definition) is 3. The predicted octanol–water partition coefficient (Wildman–Crippen LogP) is 7.89. The Bertz CT molecular complexity index is 754. The molecule has 10 unspecified atom stereocenters. The van der Waals surface area contributed by atoms with Crippen LogP contribution in [0.15, 0.2) is 0 Å². The van der Waals surface area contributed by atoms with E-state index in [0.29, 0.717) is 0 Å². The van der Waals surface area contributed by atoms with Gasteiger partial charge in [0.25, 0.3) is 0 Å². The van der Waals surface area contributed by atoms with Crippen molar-refractivity contribution >= 4 is 0 Å². The molecule has 224 valence electrons. The van der Waals surface area contributed by atoms with Crippen molar-refractivity contribution in [3.8, 4) is 0 Å². The van der Waals surface area contributed by atoms with E-state index >= 15 is 0 Å². The zero-order valence-electron chi connectivity index (χ0n) is 26.2. The average molecular weight is 540 g/mol. The van der Waals surface area contributed by atoms with E-state index in [1.165, 1.54) is 129 Å². The van der Waals surface area contributed by atoms with Gasteiger partial charge in [0.15, 0.2) is 0 Å². The van der Waals surface area contributed by atoms with Crippen LogP contribution in [-0.2, 0) is 0 Å². The van der Waals surface area contributed by atoms with Crippen LogP contribution in [0.1, 0.15) is 129 Å². The number of hydrogen-bond donors (Lipinski definition) is 2. The molecule has 0 spiro atoms. The van der Waals surface area contributed by atoms with Crippen LogP contribution in [0.5, 0.6) is 0 Å². The van der Waals surface area contributed by atoms with Crippen LogP contribution < -0.4 is 10.6 Å². The summed E-state index contributed by atoms with van der Waals surface area (Å²) in [5, 5.41) is 7.68. The molecule has 6 aliphatic carbocycles. The summed E-state index contributed by atoms with van der Waals surface area (Å²) in [6.45, 7) is 5.17. The average Bonchev–Trinajstić information content (AvgIpc) is 2.96. The molecule has 0 heterocycles. The fraction of sp³-hybridized carbons (Fsp3) is 1.00. The van der Waals surface area contributed by atoms with E-state index in [2.05, 4.69) is 36.6 Å². The van der Waals surface area contributed by atoms with Gasteiger partial charge in [0.2, 0.25) is 0 Å². The third-order valence-corrected chi connectivity index (χ3v) is 13.8. The highest BCUT2D eigenvalue weighted by molar-refractivity contribution is 4.94. The van der Waals surface area contributed by atoms with Crippen molar-refractivity contribution < 1.29 is 0 Å². The quantitative estimate of drug-likeness (QED) is 0.328. The molecule has 12 atom stereocenters. The summed E-state index contributed by atoms with van der Waals surface area (Å²) in [6, 6.07) is 2.50. The molecule has 0 bridgehead atoms. The summed E-state index contributed by atoms with van der Waals surface area (Å²) < 4.78 is 0. The van der Waals surface area contributed by atoms with E-state index in [0.717, 1.165) is 71.4 Å². The fourth-order valence-corrected chi connectivity index (χ4v) is 11.6. The largest absolute Gasteiger partial charge is 0.317 e. The van der Waals surface area contributed by atoms with Gasteiger partial charge >= 0.3 is 0 Å². The van der Waals surface area contributed by atoms with E-state index in [1.54, 1.807) is 6.42 Å². The normalized spacial score (nSPS) is 46.8. The Morgan fingerprint density at radius 2 is 1.33 bits per heavy atom. The number of rotatable bonds is 8. The highest BCUT2D eigenvalue weighted by Gasteiger charge is 2.41. The smallest absolute Gasteiger partial charge is 0.0123 e. The third-order valence-electron chi connectivity index (χ3n) is 13.8. The predicted molar refractivity (Wildman–Crippen MR) is 166 cm³/mol. The molecule has 6 aliphatic rings. The zero-order valence-corrected chi connectivity index (χ0v) is 26.2. The molecule has 0 saturated heterocycles. The number of fused-ring (bicyclic) bond motifs is 3. The van der Waals surface area contributed by atoms with E-state index in [4.69, 9.17) is 0 Å². The molecule has 6 rings (SSSR count). The van der Waals surface area contributed by atoms with Crippen molar-refractivity contribution in [1.82, 2.24) is 15.5 Å². The topological polar surface area (TPSA) is 27.3 Å². The molecule has 3 nitrogen and oxygen atoms in total. The van der Waals surface area contributed by atoms with E-state index in [-0.39, 0.29) is 0 Å². The molecule has 2 N–H and O–H groups in total. The maximum Gasteiger partial charge on any atom is 0.0123 e. The van der Waals surface area contributed by atoms with E-state index < -0.39 is 0 Å². The first kappa shape index (κ1) is 29.0. The van der Waals surface area contributed by atoms with Crippen molar-refractivity contribution in [1.29, 1.82) is 0 Å². The van der Waals surface area contributed by atoms with Crippen LogP contribution >= 0.6 is 0 Å². The monoisotopic (exact) mass is 540 g/mol. The Balaban J connectivity index is 0.924. The third kappa shape index (κ3) is 7.10. The SMILES string of the molecule is CNC1CCC2CC[C@@H](CN(C)C3CCCC4CC(CCNC5CCC6C[C@H](C)CCC6C5)CCC43)CC2C1. The lowest BCUT2D eigenvalue weighted by molar-refractivity contribution is 0.0182. The molecule has 6 saturated carbocycles. The van der Waals surface area contributed by atoms with Gasteiger partial charge in [-0.3, -0.25) is 0 Å². The lowest BCUT2D eigenvalue weighted by atomic mass is 9.64. The number of nitrogens with one attached hydrogen (secondary N) is 2. The first-order chi connectivity index (χ1) is 19.1. The minimum absolute atomic E-state index is 0.794. The standard InChI is InChI=1S/C36H65N3/c1-25-7-10-30-22-34(15-13-29(30)19-25)38-18-17-26-9-16-35-31(20-26)5-4-6-36(35)39(3)24-27-8-11-28-12-14-33(37-2)23-32(28)21-27/h25-38H,4-24H2,1-3H3/t25-,26?,27-,28?,29?,30?,31?,32?,33?,34?,35?,36?/m1/s1. The van der Waals surface area contributed by atoms with Crippen LogP contribution in [0.2, 0.25) is 0 Å². The van der Waals surface area contributed by atoms with Gasteiger partial charge in [-0.15, -0.1) is 0 Å². The summed E-state index contributed by atoms with van der Waals surface area (Å²) in [4.78, 5) is 2.89. The molecule has 3 heteroatoms. The lowest BCUT2D eigenvalue weighted by Crippen LogP contribution is -2.48. The number of nitrogens with zero attached hydrogens (tertiary/aromatic N) is 1. The molecule has 0 amide bonds. The van der Waals surface area contributed by atoms with Crippen LogP contribution in [0.25, 0.3) is 0 Å². The van der Waals surface area contributed by atoms with Crippen LogP contribution in [0.3, 0.4) is 0 Å². The van der Waals surface area contributed by atoms with E-state index in [9.17, 15) is 0 Å². The maximum atomic E-state index is 4.07. The first-order valence-electron chi connectivity index (χ1n) is 18.2. The van der Waals surface area contributed by atoms with Crippen molar-refractivity contribution in [2.24, 2.45) is 53.3 Å². The molecule has 0 aromatic rings. The maximum absolute atomic E-state index is 4.07. The van der Waals surface area contributed by atoms with Crippen molar-refractivity contribution in [2.75, 3.05) is 27.2 Å². The zero-order chi connectivity index (χ0) is 26.8. The highest BCUT2D eigenvalue weighted by atomic mass is 15.1. The fourth-order valence-electron chi connectivity index (χ4n) is 11.6. The van der Waals surface area contributed by atoms with Crippen LogP contribution in [0, 0.1) is 53.3 Å². The lowest BCUT2D eigenvalue weighted by Gasteiger charge is -2.49. The second-order valence-corrected chi connectivity index (χ2v) is 16.2. The minimum atomic E-state index is 0.794. The summed E-state index contributed by atoms with van der Waals surface area (Å²) >= 11 is 0. The van der Waals surface area contributed by atoms with Gasteiger partial charge in [0, 0.05) is 24.7 Å². The molecule has 0 radical (unpaired) electrons. The van der Waals surface area contributed by atoms with Gasteiger partial charge < -0.3 is 15.5 Å². The molecule has 6 fully saturated rings. The van der Waals surface area contributed by atoms with Gasteiger partial charge in [0.05, 0.1) is 0 Å². The van der Waals surface area contributed by atoms with Gasteiger partial charge in [-0.05, 0) is 170 Å². The summed E-state index contributed by atoms with van der Waals surface area (Å²) in [7, 11) is 4.71. The molecular weight excluding hydrogens is 474 g/mol. The minimum Gasteiger partial charge on any atom is -0.317 e. The summed E-state index contributed by atoms with van der Waals surface area (Å²) in [5.74, 6) is 9.13. The Morgan fingerprint density at radius 3 is 2.23 bits per heavy atom. The van der Waals surface area contributed by atoms with Crippen molar-refractivity contribution in [2.45, 2.75) is 147 Å².